The van der Waals surface area contributed by atoms with Crippen LogP contribution < -0.4 is 0 Å². The first-order valence-electron chi connectivity index (χ1n) is 8.69. The summed E-state index contributed by atoms with van der Waals surface area (Å²) in [5.41, 5.74) is 4.12. The van der Waals surface area contributed by atoms with Crippen LogP contribution in [0.3, 0.4) is 0 Å². The number of halogens is 3. The zero-order valence-electron chi connectivity index (χ0n) is 13.2. The van der Waals surface area contributed by atoms with E-state index in [0.29, 0.717) is 24.2 Å². The number of aliphatic hydroxyl groups excluding tert-OH is 1. The van der Waals surface area contributed by atoms with Gasteiger partial charge in [0.2, 0.25) is 0 Å². The molecule has 4 aliphatic carbocycles. The van der Waals surface area contributed by atoms with Gasteiger partial charge >= 0.3 is 6.18 Å². The van der Waals surface area contributed by atoms with Crippen LogP contribution in [-0.2, 0) is 0 Å². The molecule has 0 radical (unpaired) electrons. The largest absolute Gasteiger partial charge is 0.414 e. The van der Waals surface area contributed by atoms with E-state index < -0.39 is 12.3 Å². The van der Waals surface area contributed by atoms with Gasteiger partial charge in [0.15, 0.2) is 0 Å². The normalized spacial score (nSPS) is 39.8. The molecule has 1 N–H and O–H groups in total. The summed E-state index contributed by atoms with van der Waals surface area (Å²) in [4.78, 5) is 0. The molecule has 0 heterocycles. The van der Waals surface area contributed by atoms with Crippen LogP contribution in [0.25, 0.3) is 0 Å². The zero-order chi connectivity index (χ0) is 16.4. The van der Waals surface area contributed by atoms with Crippen LogP contribution in [0.5, 0.6) is 0 Å². The van der Waals surface area contributed by atoms with Gasteiger partial charge in [-0.05, 0) is 78.4 Å². The number of rotatable bonds is 3. The highest BCUT2D eigenvalue weighted by molar-refractivity contribution is 5.57. The third-order valence-electron chi connectivity index (χ3n) is 6.91. The van der Waals surface area contributed by atoms with Crippen LogP contribution in [0.2, 0.25) is 0 Å². The molecule has 126 valence electrons. The van der Waals surface area contributed by atoms with Crippen molar-refractivity contribution in [1.82, 2.24) is 0 Å². The Bertz CT molecular complexity index is 600. The molecular formula is C19H23F3O. The van der Waals surface area contributed by atoms with Crippen LogP contribution in [0.1, 0.15) is 44.9 Å². The van der Waals surface area contributed by atoms with Crippen LogP contribution >= 0.6 is 0 Å². The molecule has 0 aromatic heterocycles. The van der Waals surface area contributed by atoms with Gasteiger partial charge in [0, 0.05) is 0 Å². The number of fused-ring (bicyclic) bond motifs is 3. The molecular weight excluding hydrogens is 301 g/mol. The van der Waals surface area contributed by atoms with Gasteiger partial charge in [-0.15, -0.1) is 0 Å². The first kappa shape index (κ1) is 15.5. The molecule has 4 heteroatoms. The van der Waals surface area contributed by atoms with Gasteiger partial charge in [-0.3, -0.25) is 0 Å². The van der Waals surface area contributed by atoms with E-state index in [1.54, 1.807) is 0 Å². The molecule has 5 atom stereocenters. The van der Waals surface area contributed by atoms with E-state index in [0.717, 1.165) is 31.3 Å². The van der Waals surface area contributed by atoms with Gasteiger partial charge in [0.25, 0.3) is 0 Å². The predicted octanol–water partition coefficient (Wildman–Crippen LogP) is 4.94. The van der Waals surface area contributed by atoms with E-state index in [1.165, 1.54) is 17.6 Å². The summed E-state index contributed by atoms with van der Waals surface area (Å²) in [6.45, 7) is 4.17. The van der Waals surface area contributed by atoms with Gasteiger partial charge in [-0.1, -0.05) is 25.2 Å². The first-order valence-corrected chi connectivity index (χ1v) is 8.69. The lowest BCUT2D eigenvalue weighted by atomic mass is 9.63. The molecule has 1 spiro atoms. The summed E-state index contributed by atoms with van der Waals surface area (Å²) >= 11 is 0. The molecule has 0 saturated heterocycles. The Morgan fingerprint density at radius 3 is 2.87 bits per heavy atom. The minimum atomic E-state index is -4.49. The van der Waals surface area contributed by atoms with Crippen molar-refractivity contribution in [1.29, 1.82) is 0 Å². The molecule has 23 heavy (non-hydrogen) atoms. The fourth-order valence-electron chi connectivity index (χ4n) is 6.09. The minimum absolute atomic E-state index is 0.156. The molecule has 0 amide bonds. The van der Waals surface area contributed by atoms with Crippen molar-refractivity contribution in [3.8, 4) is 0 Å². The quantitative estimate of drug-likeness (QED) is 0.780. The number of alkyl halides is 3. The summed E-state index contributed by atoms with van der Waals surface area (Å²) in [6.07, 6.45) is 3.55. The van der Waals surface area contributed by atoms with Crippen molar-refractivity contribution >= 4 is 0 Å². The van der Waals surface area contributed by atoms with Crippen LogP contribution in [0.4, 0.5) is 13.2 Å². The Balaban J connectivity index is 1.57. The predicted molar refractivity (Wildman–Crippen MR) is 82.6 cm³/mol. The highest BCUT2D eigenvalue weighted by Crippen LogP contribution is 2.68. The third kappa shape index (κ3) is 2.17. The minimum Gasteiger partial charge on any atom is -0.384 e. The average molecular weight is 324 g/mol. The van der Waals surface area contributed by atoms with Crippen molar-refractivity contribution in [2.75, 3.05) is 0 Å². The summed E-state index contributed by atoms with van der Waals surface area (Å²) in [7, 11) is 0. The zero-order valence-corrected chi connectivity index (χ0v) is 13.2. The van der Waals surface area contributed by atoms with Gasteiger partial charge in [-0.25, -0.2) is 0 Å². The lowest BCUT2D eigenvalue weighted by molar-refractivity contribution is -0.206. The second-order valence-electron chi connectivity index (χ2n) is 7.87. The Morgan fingerprint density at radius 2 is 2.13 bits per heavy atom. The van der Waals surface area contributed by atoms with Gasteiger partial charge < -0.3 is 5.11 Å². The van der Waals surface area contributed by atoms with Crippen molar-refractivity contribution in [3.63, 3.8) is 0 Å². The maximum Gasteiger partial charge on any atom is 0.414 e. The Morgan fingerprint density at radius 1 is 1.35 bits per heavy atom. The number of hydrogen-bond donors (Lipinski definition) is 1. The molecule has 2 saturated carbocycles. The van der Waals surface area contributed by atoms with Gasteiger partial charge in [0.05, 0.1) is 0 Å². The summed E-state index contributed by atoms with van der Waals surface area (Å²) in [6, 6.07) is 0. The van der Waals surface area contributed by atoms with Crippen LogP contribution in [0.15, 0.2) is 35.5 Å². The van der Waals surface area contributed by atoms with E-state index in [4.69, 9.17) is 0 Å². The molecule has 2 fully saturated rings. The summed E-state index contributed by atoms with van der Waals surface area (Å²) < 4.78 is 37.9. The first-order chi connectivity index (χ1) is 10.8. The van der Waals surface area contributed by atoms with Crippen LogP contribution in [-0.4, -0.2) is 17.4 Å². The Labute approximate surface area is 135 Å². The highest BCUT2D eigenvalue weighted by atomic mass is 19.4. The average Bonchev–Trinajstić information content (AvgIpc) is 3.14. The van der Waals surface area contributed by atoms with Crippen molar-refractivity contribution in [2.45, 2.75) is 57.2 Å². The topological polar surface area (TPSA) is 20.2 Å². The molecule has 0 aliphatic heterocycles. The molecule has 1 nitrogen and oxygen atoms in total. The monoisotopic (exact) mass is 324 g/mol. The van der Waals surface area contributed by atoms with Crippen molar-refractivity contribution in [2.24, 2.45) is 23.2 Å². The number of allylic oxidation sites excluding steroid dienone is 5. The van der Waals surface area contributed by atoms with Crippen molar-refractivity contribution in [3.05, 3.63) is 35.5 Å². The SMILES string of the molecule is C=C1C=CC2=C1C1CC(CCC(O)C(F)(F)F)C3(CCCC23)C1. The molecule has 2 bridgehead atoms. The smallest absolute Gasteiger partial charge is 0.384 e. The maximum atomic E-state index is 12.6. The van der Waals surface area contributed by atoms with E-state index in [2.05, 4.69) is 18.7 Å². The molecule has 4 rings (SSSR count). The van der Waals surface area contributed by atoms with E-state index in [1.807, 2.05) is 0 Å². The van der Waals surface area contributed by atoms with E-state index in [-0.39, 0.29) is 11.8 Å². The molecule has 5 unspecified atom stereocenters. The summed E-state index contributed by atoms with van der Waals surface area (Å²) in [5, 5.41) is 9.37. The van der Waals surface area contributed by atoms with Gasteiger partial charge in [-0.2, -0.15) is 13.2 Å². The standard InChI is InChI=1S/C19H23F3O/c1-11-4-6-14-15-3-2-8-18(15)10-12(17(11)14)9-13(18)5-7-16(23)19(20,21)22/h4,6,12-13,15-16,23H,1-3,5,7-10H2. The third-order valence-corrected chi connectivity index (χ3v) is 6.91. The van der Waals surface area contributed by atoms with Crippen LogP contribution in [0, 0.1) is 23.2 Å². The number of hydrogen-bond acceptors (Lipinski definition) is 1. The highest BCUT2D eigenvalue weighted by Gasteiger charge is 2.59. The second-order valence-corrected chi connectivity index (χ2v) is 7.87. The van der Waals surface area contributed by atoms with E-state index in [9.17, 15) is 18.3 Å². The van der Waals surface area contributed by atoms with Gasteiger partial charge in [0.1, 0.15) is 6.10 Å². The van der Waals surface area contributed by atoms with E-state index >= 15 is 0 Å². The molecule has 0 aromatic rings. The maximum absolute atomic E-state index is 12.6. The number of aliphatic hydroxyl groups is 1. The molecule has 0 aromatic carbocycles. The summed E-state index contributed by atoms with van der Waals surface area (Å²) in [5.74, 6) is 1.28. The molecule has 4 aliphatic rings. The second kappa shape index (κ2) is 4.98. The fraction of sp³-hybridized carbons (Fsp3) is 0.684. The fourth-order valence-corrected chi connectivity index (χ4v) is 6.09. The lowest BCUT2D eigenvalue weighted by Gasteiger charge is -2.41. The van der Waals surface area contributed by atoms with Crippen molar-refractivity contribution < 1.29 is 18.3 Å². The Kier molecular flexibility index (Phi) is 3.36. The lowest BCUT2D eigenvalue weighted by Crippen LogP contribution is -2.34. The Hall–Kier alpha value is -1.03.